The molecule has 0 bridgehead atoms. The molecule has 3 rings (SSSR count). The van der Waals surface area contributed by atoms with Crippen molar-refractivity contribution in [2.75, 3.05) is 17.7 Å². The van der Waals surface area contributed by atoms with E-state index in [1.54, 1.807) is 63.4 Å². The Kier molecular flexibility index (Phi) is 3.89. The normalized spacial score (nSPS) is 14.9. The van der Waals surface area contributed by atoms with Gasteiger partial charge in [-0.25, -0.2) is 0 Å². The van der Waals surface area contributed by atoms with Crippen molar-refractivity contribution < 1.29 is 19.1 Å². The molecule has 0 unspecified atom stereocenters. The lowest BCUT2D eigenvalue weighted by atomic mass is 10.1. The van der Waals surface area contributed by atoms with E-state index in [9.17, 15) is 9.59 Å². The number of fused-ring (bicyclic) bond motifs is 1. The topological polar surface area (TPSA) is 76.7 Å². The van der Waals surface area contributed by atoms with Gasteiger partial charge in [-0.3, -0.25) is 9.59 Å². The average Bonchev–Trinajstić information content (AvgIpc) is 2.56. The third-order valence-corrected chi connectivity index (χ3v) is 3.75. The molecule has 1 aliphatic heterocycles. The van der Waals surface area contributed by atoms with Gasteiger partial charge in [0, 0.05) is 11.3 Å². The first kappa shape index (κ1) is 15.9. The van der Waals surface area contributed by atoms with Gasteiger partial charge in [0.15, 0.2) is 5.60 Å². The Morgan fingerprint density at radius 2 is 1.88 bits per heavy atom. The van der Waals surface area contributed by atoms with Crippen LogP contribution in [0.5, 0.6) is 11.5 Å². The van der Waals surface area contributed by atoms with E-state index in [4.69, 9.17) is 9.47 Å². The number of amides is 2. The van der Waals surface area contributed by atoms with E-state index in [1.165, 1.54) is 0 Å². The number of hydrogen-bond acceptors (Lipinski definition) is 4. The summed E-state index contributed by atoms with van der Waals surface area (Å²) in [6.07, 6.45) is 0. The van der Waals surface area contributed by atoms with E-state index in [0.717, 1.165) is 0 Å². The third kappa shape index (κ3) is 3.03. The van der Waals surface area contributed by atoms with Gasteiger partial charge in [-0.15, -0.1) is 0 Å². The largest absolute Gasteiger partial charge is 0.497 e. The van der Waals surface area contributed by atoms with Crippen molar-refractivity contribution >= 4 is 23.2 Å². The van der Waals surface area contributed by atoms with Gasteiger partial charge in [0.05, 0.1) is 12.8 Å². The van der Waals surface area contributed by atoms with Crippen LogP contribution < -0.4 is 20.1 Å². The molecule has 0 aliphatic carbocycles. The van der Waals surface area contributed by atoms with Gasteiger partial charge in [-0.05, 0) is 56.3 Å². The summed E-state index contributed by atoms with van der Waals surface area (Å²) >= 11 is 0. The van der Waals surface area contributed by atoms with Gasteiger partial charge in [0.1, 0.15) is 11.5 Å². The van der Waals surface area contributed by atoms with Crippen LogP contribution in [0.3, 0.4) is 0 Å². The van der Waals surface area contributed by atoms with Crippen LogP contribution in [0.25, 0.3) is 0 Å². The number of methoxy groups -OCH3 is 1. The number of nitrogens with one attached hydrogen (secondary N) is 2. The zero-order valence-electron chi connectivity index (χ0n) is 13.7. The van der Waals surface area contributed by atoms with Crippen molar-refractivity contribution in [1.29, 1.82) is 0 Å². The molecule has 0 radical (unpaired) electrons. The Morgan fingerprint density at radius 3 is 2.54 bits per heavy atom. The summed E-state index contributed by atoms with van der Waals surface area (Å²) in [6.45, 7) is 3.40. The third-order valence-electron chi connectivity index (χ3n) is 3.75. The van der Waals surface area contributed by atoms with Crippen LogP contribution in [0.4, 0.5) is 11.4 Å². The maximum absolute atomic E-state index is 12.3. The van der Waals surface area contributed by atoms with Gasteiger partial charge in [-0.2, -0.15) is 0 Å². The zero-order chi connectivity index (χ0) is 17.3. The number of ether oxygens (including phenoxy) is 2. The molecule has 1 aliphatic rings. The van der Waals surface area contributed by atoms with Crippen LogP contribution in [0, 0.1) is 0 Å². The lowest BCUT2D eigenvalue weighted by Crippen LogP contribution is -2.45. The Balaban J connectivity index is 1.77. The van der Waals surface area contributed by atoms with Crippen LogP contribution >= 0.6 is 0 Å². The van der Waals surface area contributed by atoms with Gasteiger partial charge in [0.25, 0.3) is 11.8 Å². The molecular formula is C18H18N2O4. The van der Waals surface area contributed by atoms with Crippen molar-refractivity contribution in [3.8, 4) is 11.5 Å². The lowest BCUT2D eigenvalue weighted by Gasteiger charge is -2.31. The summed E-state index contributed by atoms with van der Waals surface area (Å²) in [5.41, 5.74) is 0.695. The molecule has 0 atom stereocenters. The number of hydrogen-bond donors (Lipinski definition) is 2. The molecule has 1 heterocycles. The molecular weight excluding hydrogens is 308 g/mol. The maximum Gasteiger partial charge on any atom is 0.268 e. The predicted molar refractivity (Wildman–Crippen MR) is 90.7 cm³/mol. The van der Waals surface area contributed by atoms with Crippen molar-refractivity contribution in [3.05, 3.63) is 48.0 Å². The van der Waals surface area contributed by atoms with Crippen LogP contribution in [-0.4, -0.2) is 24.5 Å². The summed E-state index contributed by atoms with van der Waals surface area (Å²) < 4.78 is 10.7. The molecule has 2 aromatic rings. The zero-order valence-corrected chi connectivity index (χ0v) is 13.7. The first-order valence-electron chi connectivity index (χ1n) is 7.49. The number of carbonyl (C=O) groups excluding carboxylic acids is 2. The second-order valence-electron chi connectivity index (χ2n) is 5.96. The van der Waals surface area contributed by atoms with Gasteiger partial charge < -0.3 is 20.1 Å². The van der Waals surface area contributed by atoms with Crippen molar-refractivity contribution in [3.63, 3.8) is 0 Å². The first-order chi connectivity index (χ1) is 11.4. The molecule has 0 aromatic heterocycles. The van der Waals surface area contributed by atoms with Crippen molar-refractivity contribution in [2.45, 2.75) is 19.4 Å². The van der Waals surface area contributed by atoms with Gasteiger partial charge >= 0.3 is 0 Å². The van der Waals surface area contributed by atoms with Crippen molar-refractivity contribution in [1.82, 2.24) is 0 Å². The highest BCUT2D eigenvalue weighted by atomic mass is 16.5. The molecule has 0 saturated carbocycles. The number of benzene rings is 2. The van der Waals surface area contributed by atoms with E-state index in [1.807, 2.05) is 0 Å². The van der Waals surface area contributed by atoms with Gasteiger partial charge in [-0.1, -0.05) is 0 Å². The molecule has 2 aromatic carbocycles. The highest BCUT2D eigenvalue weighted by Crippen LogP contribution is 2.35. The van der Waals surface area contributed by atoms with E-state index in [0.29, 0.717) is 28.4 Å². The number of anilines is 2. The summed E-state index contributed by atoms with van der Waals surface area (Å²) in [7, 11) is 1.57. The predicted octanol–water partition coefficient (Wildman–Crippen LogP) is 3.06. The molecule has 0 fully saturated rings. The first-order valence-corrected chi connectivity index (χ1v) is 7.49. The maximum atomic E-state index is 12.3. The number of carbonyl (C=O) groups is 2. The second kappa shape index (κ2) is 5.88. The lowest BCUT2D eigenvalue weighted by molar-refractivity contribution is -0.129. The van der Waals surface area contributed by atoms with Crippen LogP contribution in [0.15, 0.2) is 42.5 Å². The van der Waals surface area contributed by atoms with Gasteiger partial charge in [0.2, 0.25) is 0 Å². The Bertz CT molecular complexity index is 797. The standard InChI is InChI=1S/C18H18N2O4/c1-18(2)17(22)20-14-10-12(6-9-15(14)24-18)19-16(21)11-4-7-13(23-3)8-5-11/h4-10H,1-3H3,(H,19,21)(H,20,22). The smallest absolute Gasteiger partial charge is 0.268 e. The summed E-state index contributed by atoms with van der Waals surface area (Å²) in [6, 6.07) is 11.9. The molecule has 24 heavy (non-hydrogen) atoms. The molecule has 0 saturated heterocycles. The molecule has 124 valence electrons. The molecule has 2 N–H and O–H groups in total. The van der Waals surface area contributed by atoms with E-state index in [-0.39, 0.29) is 11.8 Å². The monoisotopic (exact) mass is 326 g/mol. The quantitative estimate of drug-likeness (QED) is 0.909. The summed E-state index contributed by atoms with van der Waals surface area (Å²) in [5.74, 6) is 0.777. The fraction of sp³-hybridized carbons (Fsp3) is 0.222. The molecule has 6 nitrogen and oxygen atoms in total. The van der Waals surface area contributed by atoms with E-state index >= 15 is 0 Å². The Morgan fingerprint density at radius 1 is 1.17 bits per heavy atom. The fourth-order valence-electron chi connectivity index (χ4n) is 2.33. The number of rotatable bonds is 3. The molecule has 0 spiro atoms. The van der Waals surface area contributed by atoms with E-state index < -0.39 is 5.60 Å². The van der Waals surface area contributed by atoms with Crippen LogP contribution in [0.2, 0.25) is 0 Å². The molecule has 2 amide bonds. The minimum absolute atomic E-state index is 0.228. The Labute approximate surface area is 139 Å². The van der Waals surface area contributed by atoms with Crippen molar-refractivity contribution in [2.24, 2.45) is 0 Å². The minimum atomic E-state index is -0.916. The van der Waals surface area contributed by atoms with E-state index in [2.05, 4.69) is 10.6 Å². The fourth-order valence-corrected chi connectivity index (χ4v) is 2.33. The van der Waals surface area contributed by atoms with Crippen LogP contribution in [0.1, 0.15) is 24.2 Å². The summed E-state index contributed by atoms with van der Waals surface area (Å²) in [4.78, 5) is 24.2. The minimum Gasteiger partial charge on any atom is -0.497 e. The van der Waals surface area contributed by atoms with Crippen LogP contribution in [-0.2, 0) is 4.79 Å². The summed E-state index contributed by atoms with van der Waals surface area (Å²) in [5, 5.41) is 5.58. The average molecular weight is 326 g/mol. The Hall–Kier alpha value is -3.02. The second-order valence-corrected chi connectivity index (χ2v) is 5.96. The highest BCUT2D eigenvalue weighted by molar-refractivity contribution is 6.05. The highest BCUT2D eigenvalue weighted by Gasteiger charge is 2.35. The molecule has 6 heteroatoms. The SMILES string of the molecule is COc1ccc(C(=O)Nc2ccc3c(c2)NC(=O)C(C)(C)O3)cc1.